The highest BCUT2D eigenvalue weighted by atomic mass is 16.5. The van der Waals surface area contributed by atoms with Crippen molar-refractivity contribution in [2.24, 2.45) is 52.3 Å². The topological polar surface area (TPSA) is 46.5 Å². The minimum absolute atomic E-state index is 0.0115. The Kier molecular flexibility index (Phi) is 10.1. The lowest BCUT2D eigenvalue weighted by Crippen LogP contribution is -2.62. The largest absolute Gasteiger partial charge is 0.463 e. The molecule has 44 heavy (non-hydrogen) atoms. The number of allylic oxidation sites excluding steroid dienone is 7. The van der Waals surface area contributed by atoms with Crippen molar-refractivity contribution in [1.82, 2.24) is 0 Å². The van der Waals surface area contributed by atoms with E-state index in [4.69, 9.17) is 4.74 Å². The van der Waals surface area contributed by atoms with Crippen molar-refractivity contribution in [1.29, 1.82) is 0 Å². The van der Waals surface area contributed by atoms with E-state index in [1.165, 1.54) is 43.7 Å². The summed E-state index contributed by atoms with van der Waals surface area (Å²) in [6.45, 7) is 17.9. The molecule has 4 aliphatic rings. The number of aliphatic hydroxyl groups is 1. The molecule has 240 valence electrons. The Bertz CT molecular complexity index is 1260. The molecule has 3 unspecified atom stereocenters. The molecule has 4 aliphatic carbocycles. The Morgan fingerprint density at radius 3 is 2.43 bits per heavy atom. The molecule has 0 aliphatic heterocycles. The van der Waals surface area contributed by atoms with E-state index in [0.29, 0.717) is 35.5 Å². The normalized spacial score (nSPS) is 39.5. The van der Waals surface area contributed by atoms with Crippen LogP contribution < -0.4 is 0 Å². The molecule has 11 atom stereocenters. The van der Waals surface area contributed by atoms with E-state index in [1.807, 2.05) is 13.0 Å². The average molecular weight is 599 g/mol. The van der Waals surface area contributed by atoms with Gasteiger partial charge in [-0.3, -0.25) is 4.79 Å². The first-order valence-corrected chi connectivity index (χ1v) is 17.6. The second-order valence-corrected chi connectivity index (χ2v) is 15.3. The van der Waals surface area contributed by atoms with Crippen molar-refractivity contribution in [2.45, 2.75) is 112 Å². The predicted octanol–water partition coefficient (Wildman–Crippen LogP) is 9.98. The standard InChI is InChI=1S/C41H58O3/c1-8-10-12-15-27(3)33(30-16-13-11-14-17-30)19-18-28(4)34-20-21-35-38-36(23-25-40(34,35)6)41(7)24-22-31(44-29(5)42)26-37(41)32(9-2)39(38)43/h8,10-17,19,28,31-32,34-39,43H,3,9,18,20-26H2,1-2,4-7H3/b10-8-,15-12-,33-19-/t28-,31-,32-,34-,35?,36?,37+,38?,39-,40-,41-/m1/s1. The van der Waals surface area contributed by atoms with Crippen molar-refractivity contribution in [3.05, 3.63) is 78.4 Å². The zero-order valence-corrected chi connectivity index (χ0v) is 28.3. The van der Waals surface area contributed by atoms with Gasteiger partial charge >= 0.3 is 5.97 Å². The molecule has 0 spiro atoms. The highest BCUT2D eigenvalue weighted by Gasteiger charge is 2.65. The fourth-order valence-corrected chi connectivity index (χ4v) is 11.2. The molecule has 1 aromatic rings. The number of hydrogen-bond acceptors (Lipinski definition) is 3. The summed E-state index contributed by atoms with van der Waals surface area (Å²) in [5.41, 5.74) is 4.01. The van der Waals surface area contributed by atoms with Crippen LogP contribution in [0.3, 0.4) is 0 Å². The van der Waals surface area contributed by atoms with Crippen LogP contribution >= 0.6 is 0 Å². The van der Waals surface area contributed by atoms with Crippen molar-refractivity contribution >= 4 is 11.5 Å². The van der Waals surface area contributed by atoms with Crippen LogP contribution in [-0.4, -0.2) is 23.3 Å². The van der Waals surface area contributed by atoms with Crippen molar-refractivity contribution in [3.63, 3.8) is 0 Å². The summed E-state index contributed by atoms with van der Waals surface area (Å²) in [7, 11) is 0. The van der Waals surface area contributed by atoms with Gasteiger partial charge in [0.05, 0.1) is 6.10 Å². The number of hydrogen-bond donors (Lipinski definition) is 1. The molecular formula is C41H58O3. The van der Waals surface area contributed by atoms with Crippen LogP contribution in [0.4, 0.5) is 0 Å². The van der Waals surface area contributed by atoms with E-state index < -0.39 is 0 Å². The molecular weight excluding hydrogens is 540 g/mol. The van der Waals surface area contributed by atoms with Gasteiger partial charge in [-0.15, -0.1) is 0 Å². The molecule has 1 aromatic carbocycles. The van der Waals surface area contributed by atoms with Crippen molar-refractivity contribution in [2.75, 3.05) is 0 Å². The second kappa shape index (κ2) is 13.5. The molecule has 0 aromatic heterocycles. The molecule has 5 rings (SSSR count). The second-order valence-electron chi connectivity index (χ2n) is 15.3. The number of rotatable bonds is 9. The third kappa shape index (κ3) is 6.07. The number of benzene rings is 1. The van der Waals surface area contributed by atoms with E-state index in [0.717, 1.165) is 37.7 Å². The SMILES string of the molecule is C=C(/C=C\C=C/C)/C(=C/C[C@@H](C)[C@H]1CCC2C3C(CC[C@@]21C)[C@@]1(C)CC[C@@H](OC(C)=O)C[C@H]1[C@@H](CC)[C@H]3O)c1ccccc1. The van der Waals surface area contributed by atoms with Crippen molar-refractivity contribution < 1.29 is 14.6 Å². The van der Waals surface area contributed by atoms with Crippen LogP contribution in [0.25, 0.3) is 5.57 Å². The van der Waals surface area contributed by atoms with E-state index in [-0.39, 0.29) is 34.9 Å². The third-order valence-electron chi connectivity index (χ3n) is 13.2. The summed E-state index contributed by atoms with van der Waals surface area (Å²) in [5, 5.41) is 12.2. The van der Waals surface area contributed by atoms with Gasteiger partial charge in [-0.1, -0.05) is 101 Å². The fourth-order valence-electron chi connectivity index (χ4n) is 11.2. The Labute approximate surface area is 267 Å². The first-order chi connectivity index (χ1) is 21.0. The van der Waals surface area contributed by atoms with Crippen molar-refractivity contribution in [3.8, 4) is 0 Å². The lowest BCUT2D eigenvalue weighted by molar-refractivity contribution is -0.207. The molecule has 3 heteroatoms. The summed E-state index contributed by atoms with van der Waals surface area (Å²) < 4.78 is 5.74. The van der Waals surface area contributed by atoms with Crippen LogP contribution in [0.2, 0.25) is 0 Å². The van der Waals surface area contributed by atoms with Gasteiger partial charge in [0.1, 0.15) is 6.10 Å². The van der Waals surface area contributed by atoms with Gasteiger partial charge in [0.2, 0.25) is 0 Å². The Morgan fingerprint density at radius 1 is 1.05 bits per heavy atom. The summed E-state index contributed by atoms with van der Waals surface area (Å²) in [5.74, 6) is 3.31. The molecule has 0 amide bonds. The molecule has 0 radical (unpaired) electrons. The van der Waals surface area contributed by atoms with E-state index in [1.54, 1.807) is 0 Å². The number of esters is 1. The fraction of sp³-hybridized carbons (Fsp3) is 0.634. The zero-order chi connectivity index (χ0) is 31.6. The van der Waals surface area contributed by atoms with Gasteiger partial charge in [-0.2, -0.15) is 0 Å². The van der Waals surface area contributed by atoms with Crippen LogP contribution in [0.5, 0.6) is 0 Å². The van der Waals surface area contributed by atoms with Crippen LogP contribution in [0.15, 0.2) is 72.9 Å². The minimum atomic E-state index is -0.255. The van der Waals surface area contributed by atoms with Gasteiger partial charge in [-0.05, 0) is 127 Å². The Hall–Kier alpha value is -2.39. The highest BCUT2D eigenvalue weighted by molar-refractivity contribution is 5.81. The molecule has 4 saturated carbocycles. The quantitative estimate of drug-likeness (QED) is 0.227. The number of carbonyl (C=O) groups is 1. The maximum Gasteiger partial charge on any atom is 0.302 e. The molecule has 3 nitrogen and oxygen atoms in total. The molecule has 1 N–H and O–H groups in total. The number of aliphatic hydroxyl groups excluding tert-OH is 1. The summed E-state index contributed by atoms with van der Waals surface area (Å²) >= 11 is 0. The molecule has 0 heterocycles. The maximum absolute atomic E-state index is 12.2. The van der Waals surface area contributed by atoms with Gasteiger partial charge in [-0.25, -0.2) is 0 Å². The number of carbonyl (C=O) groups excluding carboxylic acids is 1. The minimum Gasteiger partial charge on any atom is -0.463 e. The summed E-state index contributed by atoms with van der Waals surface area (Å²) in [6, 6.07) is 10.7. The smallest absolute Gasteiger partial charge is 0.302 e. The summed E-state index contributed by atoms with van der Waals surface area (Å²) in [6.07, 6.45) is 20.5. The van der Waals surface area contributed by atoms with E-state index in [2.05, 4.69) is 88.9 Å². The van der Waals surface area contributed by atoms with Crippen LogP contribution in [0.1, 0.15) is 105 Å². The average Bonchev–Trinajstić information content (AvgIpc) is 3.35. The van der Waals surface area contributed by atoms with E-state index in [9.17, 15) is 9.90 Å². The van der Waals surface area contributed by atoms with Gasteiger partial charge in [0.25, 0.3) is 0 Å². The predicted molar refractivity (Wildman–Crippen MR) is 183 cm³/mol. The van der Waals surface area contributed by atoms with Crippen LogP contribution in [-0.2, 0) is 9.53 Å². The lowest BCUT2D eigenvalue weighted by Gasteiger charge is -2.64. The maximum atomic E-state index is 12.2. The highest BCUT2D eigenvalue weighted by Crippen LogP contribution is 2.69. The van der Waals surface area contributed by atoms with Gasteiger partial charge in [0.15, 0.2) is 0 Å². The Morgan fingerprint density at radius 2 is 1.75 bits per heavy atom. The number of ether oxygens (including phenoxy) is 1. The third-order valence-corrected chi connectivity index (χ3v) is 13.2. The first kappa shape index (κ1) is 33.0. The lowest BCUT2D eigenvalue weighted by atomic mass is 9.41. The van der Waals surface area contributed by atoms with Crippen LogP contribution in [0, 0.1) is 52.3 Å². The first-order valence-electron chi connectivity index (χ1n) is 17.6. The molecule has 4 fully saturated rings. The monoisotopic (exact) mass is 598 g/mol. The molecule has 0 bridgehead atoms. The molecule has 0 saturated heterocycles. The van der Waals surface area contributed by atoms with Gasteiger partial charge < -0.3 is 9.84 Å². The van der Waals surface area contributed by atoms with E-state index >= 15 is 0 Å². The van der Waals surface area contributed by atoms with Gasteiger partial charge in [0, 0.05) is 6.92 Å². The Balaban J connectivity index is 1.37. The zero-order valence-electron chi connectivity index (χ0n) is 28.3. The summed E-state index contributed by atoms with van der Waals surface area (Å²) in [4.78, 5) is 11.8. The number of fused-ring (bicyclic) bond motifs is 5.